The maximum absolute atomic E-state index is 11.6. The minimum Gasteiger partial charge on any atom is -0.332 e. The number of carbonyl (C=O) groups excluding carboxylic acids is 1. The lowest BCUT2D eigenvalue weighted by molar-refractivity contribution is -0.120. The first kappa shape index (κ1) is 12.1. The van der Waals surface area contributed by atoms with Crippen molar-refractivity contribution in [3.05, 3.63) is 42.5 Å². The summed E-state index contributed by atoms with van der Waals surface area (Å²) in [6, 6.07) is 14.0. The molecular weight excluding hydrogens is 256 g/mol. The van der Waals surface area contributed by atoms with Crippen molar-refractivity contribution in [2.24, 2.45) is 5.92 Å². The highest BCUT2D eigenvalue weighted by atomic mass is 32.1. The Bertz CT molecular complexity index is 644. The third-order valence-corrected chi connectivity index (χ3v) is 3.43. The molecule has 1 fully saturated rings. The highest BCUT2D eigenvalue weighted by Crippen LogP contribution is 2.29. The van der Waals surface area contributed by atoms with Gasteiger partial charge in [-0.15, -0.1) is 0 Å². The lowest BCUT2D eigenvalue weighted by Gasteiger charge is -2.11. The molecule has 2 N–H and O–H groups in total. The Morgan fingerprint density at radius 2 is 1.84 bits per heavy atom. The van der Waals surface area contributed by atoms with Crippen molar-refractivity contribution >= 4 is 39.7 Å². The monoisotopic (exact) mass is 270 g/mol. The number of thiocarbonyl (C=S) groups is 1. The fourth-order valence-corrected chi connectivity index (χ4v) is 2.26. The van der Waals surface area contributed by atoms with Gasteiger partial charge < -0.3 is 10.6 Å². The van der Waals surface area contributed by atoms with Crippen LogP contribution in [0.2, 0.25) is 0 Å². The van der Waals surface area contributed by atoms with Gasteiger partial charge in [0.25, 0.3) is 0 Å². The molecule has 3 rings (SSSR count). The molecule has 1 amide bonds. The Hall–Kier alpha value is -1.94. The minimum atomic E-state index is 0.0257. The van der Waals surface area contributed by atoms with Crippen molar-refractivity contribution in [2.45, 2.75) is 12.8 Å². The van der Waals surface area contributed by atoms with Crippen LogP contribution in [0, 0.1) is 5.92 Å². The molecule has 0 unspecified atom stereocenters. The normalized spacial score (nSPS) is 14.1. The van der Waals surface area contributed by atoms with Crippen LogP contribution in [-0.2, 0) is 4.79 Å². The first-order valence-electron chi connectivity index (χ1n) is 6.33. The molecule has 1 aliphatic rings. The molecule has 96 valence electrons. The summed E-state index contributed by atoms with van der Waals surface area (Å²) in [4.78, 5) is 11.6. The molecule has 0 atom stereocenters. The Labute approximate surface area is 117 Å². The summed E-state index contributed by atoms with van der Waals surface area (Å²) in [5, 5.41) is 8.44. The summed E-state index contributed by atoms with van der Waals surface area (Å²) in [6.45, 7) is 0. The van der Waals surface area contributed by atoms with Crippen molar-refractivity contribution in [1.82, 2.24) is 5.32 Å². The number of hydrogen-bond donors (Lipinski definition) is 2. The number of hydrogen-bond acceptors (Lipinski definition) is 2. The highest BCUT2D eigenvalue weighted by Gasteiger charge is 2.30. The molecule has 1 aliphatic carbocycles. The van der Waals surface area contributed by atoms with Crippen molar-refractivity contribution < 1.29 is 4.79 Å². The summed E-state index contributed by atoms with van der Waals surface area (Å²) in [5.74, 6) is 0.185. The van der Waals surface area contributed by atoms with Crippen LogP contribution in [0.1, 0.15) is 12.8 Å². The van der Waals surface area contributed by atoms with Crippen LogP contribution in [0.15, 0.2) is 42.5 Å². The predicted molar refractivity (Wildman–Crippen MR) is 81.0 cm³/mol. The van der Waals surface area contributed by atoms with Crippen LogP contribution >= 0.6 is 12.2 Å². The molecule has 19 heavy (non-hydrogen) atoms. The second-order valence-corrected chi connectivity index (χ2v) is 5.15. The van der Waals surface area contributed by atoms with Crippen LogP contribution in [0.3, 0.4) is 0 Å². The van der Waals surface area contributed by atoms with Gasteiger partial charge in [0.15, 0.2) is 5.11 Å². The van der Waals surface area contributed by atoms with Gasteiger partial charge in [-0.2, -0.15) is 0 Å². The summed E-state index contributed by atoms with van der Waals surface area (Å²) in [5.41, 5.74) is 0.916. The van der Waals surface area contributed by atoms with E-state index in [2.05, 4.69) is 10.6 Å². The van der Waals surface area contributed by atoms with E-state index in [0.717, 1.165) is 29.3 Å². The average Bonchev–Trinajstić information content (AvgIpc) is 3.23. The molecule has 0 aromatic heterocycles. The van der Waals surface area contributed by atoms with Gasteiger partial charge in [-0.05, 0) is 36.5 Å². The smallest absolute Gasteiger partial charge is 0.229 e. The fourth-order valence-electron chi connectivity index (χ4n) is 2.05. The molecule has 0 heterocycles. The van der Waals surface area contributed by atoms with Crippen LogP contribution in [0.25, 0.3) is 10.8 Å². The zero-order chi connectivity index (χ0) is 13.2. The maximum Gasteiger partial charge on any atom is 0.229 e. The average molecular weight is 270 g/mol. The molecule has 0 bridgehead atoms. The summed E-state index contributed by atoms with van der Waals surface area (Å²) in [6.07, 6.45) is 1.95. The Morgan fingerprint density at radius 1 is 1.11 bits per heavy atom. The fraction of sp³-hybridized carbons (Fsp3) is 0.200. The van der Waals surface area contributed by atoms with E-state index in [1.54, 1.807) is 0 Å². The zero-order valence-electron chi connectivity index (χ0n) is 10.3. The van der Waals surface area contributed by atoms with E-state index in [1.165, 1.54) is 0 Å². The summed E-state index contributed by atoms with van der Waals surface area (Å²) < 4.78 is 0. The third-order valence-electron chi connectivity index (χ3n) is 3.22. The van der Waals surface area contributed by atoms with E-state index in [9.17, 15) is 4.79 Å². The summed E-state index contributed by atoms with van der Waals surface area (Å²) in [7, 11) is 0. The SMILES string of the molecule is O=C(NC(=S)Nc1cccc2ccccc12)C1CC1. The quantitative estimate of drug-likeness (QED) is 0.824. The van der Waals surface area contributed by atoms with Crippen LogP contribution < -0.4 is 10.6 Å². The number of anilines is 1. The molecule has 0 aliphatic heterocycles. The second kappa shape index (κ2) is 4.97. The number of amides is 1. The van der Waals surface area contributed by atoms with Crippen LogP contribution in [-0.4, -0.2) is 11.0 Å². The van der Waals surface area contributed by atoms with Gasteiger partial charge in [-0.25, -0.2) is 0 Å². The third kappa shape index (κ3) is 2.74. The van der Waals surface area contributed by atoms with Crippen molar-refractivity contribution in [3.8, 4) is 0 Å². The molecule has 0 spiro atoms. The topological polar surface area (TPSA) is 41.1 Å². The van der Waals surface area contributed by atoms with E-state index in [1.807, 2.05) is 42.5 Å². The van der Waals surface area contributed by atoms with E-state index in [0.29, 0.717) is 5.11 Å². The van der Waals surface area contributed by atoms with Gasteiger partial charge >= 0.3 is 0 Å². The first-order valence-corrected chi connectivity index (χ1v) is 6.74. The second-order valence-electron chi connectivity index (χ2n) is 4.74. The molecule has 0 saturated heterocycles. The Morgan fingerprint density at radius 3 is 2.63 bits per heavy atom. The van der Waals surface area contributed by atoms with E-state index < -0.39 is 0 Å². The Kier molecular flexibility index (Phi) is 3.17. The highest BCUT2D eigenvalue weighted by molar-refractivity contribution is 7.80. The molecule has 4 heteroatoms. The molecule has 3 nitrogen and oxygen atoms in total. The Balaban J connectivity index is 1.77. The van der Waals surface area contributed by atoms with Gasteiger partial charge in [0.05, 0.1) is 0 Å². The van der Waals surface area contributed by atoms with Crippen molar-refractivity contribution in [3.63, 3.8) is 0 Å². The number of carbonyl (C=O) groups is 1. The minimum absolute atomic E-state index is 0.0257. The van der Waals surface area contributed by atoms with Gasteiger partial charge in [-0.1, -0.05) is 36.4 Å². The molecule has 2 aromatic rings. The largest absolute Gasteiger partial charge is 0.332 e. The van der Waals surface area contributed by atoms with Gasteiger partial charge in [0, 0.05) is 17.0 Å². The lowest BCUT2D eigenvalue weighted by Crippen LogP contribution is -2.35. The number of nitrogens with one attached hydrogen (secondary N) is 2. The number of benzene rings is 2. The van der Waals surface area contributed by atoms with Gasteiger partial charge in [0.2, 0.25) is 5.91 Å². The van der Waals surface area contributed by atoms with E-state index >= 15 is 0 Å². The number of fused-ring (bicyclic) bond motifs is 1. The lowest BCUT2D eigenvalue weighted by atomic mass is 10.1. The van der Waals surface area contributed by atoms with Crippen LogP contribution in [0.4, 0.5) is 5.69 Å². The predicted octanol–water partition coefficient (Wildman–Crippen LogP) is 3.06. The van der Waals surface area contributed by atoms with Gasteiger partial charge in [0.1, 0.15) is 0 Å². The molecule has 1 saturated carbocycles. The van der Waals surface area contributed by atoms with E-state index in [4.69, 9.17) is 12.2 Å². The van der Waals surface area contributed by atoms with Crippen LogP contribution in [0.5, 0.6) is 0 Å². The standard InChI is InChI=1S/C15H14N2OS/c18-14(11-8-9-11)17-15(19)16-13-7-3-5-10-4-1-2-6-12(10)13/h1-7,11H,8-9H2,(H2,16,17,18,19). The van der Waals surface area contributed by atoms with Crippen molar-refractivity contribution in [1.29, 1.82) is 0 Å². The van der Waals surface area contributed by atoms with Gasteiger partial charge in [-0.3, -0.25) is 4.79 Å². The molecule has 2 aromatic carbocycles. The molecular formula is C15H14N2OS. The number of rotatable bonds is 2. The zero-order valence-corrected chi connectivity index (χ0v) is 11.2. The first-order chi connectivity index (χ1) is 9.24. The molecule has 0 radical (unpaired) electrons. The van der Waals surface area contributed by atoms with E-state index in [-0.39, 0.29) is 11.8 Å². The van der Waals surface area contributed by atoms with Crippen molar-refractivity contribution in [2.75, 3.05) is 5.32 Å². The summed E-state index contributed by atoms with van der Waals surface area (Å²) >= 11 is 5.18. The maximum atomic E-state index is 11.6.